The minimum atomic E-state index is -1.09. The minimum Gasteiger partial charge on any atom is -0.480 e. The molecule has 8 heteroatoms. The summed E-state index contributed by atoms with van der Waals surface area (Å²) in [5, 5.41) is 17.7. The molecule has 1 atom stereocenters. The van der Waals surface area contributed by atoms with Crippen LogP contribution in [0.4, 0.5) is 0 Å². The molecule has 3 N–H and O–H groups in total. The highest BCUT2D eigenvalue weighted by molar-refractivity contribution is 5.88. The van der Waals surface area contributed by atoms with Crippen molar-refractivity contribution in [3.63, 3.8) is 0 Å². The van der Waals surface area contributed by atoms with Gasteiger partial charge in [-0.15, -0.1) is 0 Å². The molecule has 0 aliphatic carbocycles. The lowest BCUT2D eigenvalue weighted by atomic mass is 10.0. The maximum Gasteiger partial charge on any atom is 0.326 e. The van der Waals surface area contributed by atoms with Crippen LogP contribution in [0.25, 0.3) is 0 Å². The SMILES string of the molecule is Cc1noc(C)c1CC(=O)NCC(=O)N[C@@H](CC(C)C)C(=O)O. The number of nitrogens with zero attached hydrogens (tertiary/aromatic N) is 1. The van der Waals surface area contributed by atoms with Gasteiger partial charge in [0.25, 0.3) is 0 Å². The van der Waals surface area contributed by atoms with Crippen molar-refractivity contribution in [2.24, 2.45) is 5.92 Å². The molecule has 1 aromatic heterocycles. The number of carboxylic acid groups (broad SMARTS) is 1. The number of carboxylic acids is 1. The van der Waals surface area contributed by atoms with Crippen molar-refractivity contribution < 1.29 is 24.0 Å². The molecule has 0 fully saturated rings. The third-order valence-corrected chi connectivity index (χ3v) is 3.31. The number of aromatic nitrogens is 1. The zero-order valence-corrected chi connectivity index (χ0v) is 13.8. The van der Waals surface area contributed by atoms with Gasteiger partial charge in [0, 0.05) is 5.56 Å². The number of aryl methyl sites for hydroxylation is 2. The summed E-state index contributed by atoms with van der Waals surface area (Å²) in [5.74, 6) is -1.29. The highest BCUT2D eigenvalue weighted by atomic mass is 16.5. The predicted molar refractivity (Wildman–Crippen MR) is 81.7 cm³/mol. The van der Waals surface area contributed by atoms with E-state index in [0.29, 0.717) is 23.4 Å². The second kappa shape index (κ2) is 8.30. The first kappa shape index (κ1) is 18.7. The van der Waals surface area contributed by atoms with Crippen LogP contribution in [0.3, 0.4) is 0 Å². The maximum absolute atomic E-state index is 11.8. The number of hydrogen-bond acceptors (Lipinski definition) is 5. The van der Waals surface area contributed by atoms with E-state index in [0.717, 1.165) is 0 Å². The van der Waals surface area contributed by atoms with Gasteiger partial charge in [0.2, 0.25) is 11.8 Å². The van der Waals surface area contributed by atoms with Crippen LogP contribution in [0.15, 0.2) is 4.52 Å². The Bertz CT molecular complexity index is 560. The van der Waals surface area contributed by atoms with Crippen molar-refractivity contribution in [3.8, 4) is 0 Å². The van der Waals surface area contributed by atoms with Crippen molar-refractivity contribution in [1.29, 1.82) is 0 Å². The molecule has 0 spiro atoms. The van der Waals surface area contributed by atoms with E-state index in [9.17, 15) is 14.4 Å². The monoisotopic (exact) mass is 325 g/mol. The molecule has 23 heavy (non-hydrogen) atoms. The molecule has 0 aromatic carbocycles. The van der Waals surface area contributed by atoms with Gasteiger partial charge in [-0.2, -0.15) is 0 Å². The van der Waals surface area contributed by atoms with Crippen LogP contribution in [0.2, 0.25) is 0 Å². The largest absolute Gasteiger partial charge is 0.480 e. The molecule has 1 aromatic rings. The Balaban J connectivity index is 2.46. The fraction of sp³-hybridized carbons (Fsp3) is 0.600. The highest BCUT2D eigenvalue weighted by Gasteiger charge is 2.21. The highest BCUT2D eigenvalue weighted by Crippen LogP contribution is 2.12. The molecule has 1 heterocycles. The first-order chi connectivity index (χ1) is 10.7. The molecular weight excluding hydrogens is 302 g/mol. The van der Waals surface area contributed by atoms with Crippen molar-refractivity contribution in [3.05, 3.63) is 17.0 Å². The molecule has 0 radical (unpaired) electrons. The smallest absolute Gasteiger partial charge is 0.326 e. The minimum absolute atomic E-state index is 0.0583. The van der Waals surface area contributed by atoms with Gasteiger partial charge < -0.3 is 20.3 Å². The lowest BCUT2D eigenvalue weighted by Gasteiger charge is -2.16. The van der Waals surface area contributed by atoms with Crippen LogP contribution in [0.5, 0.6) is 0 Å². The van der Waals surface area contributed by atoms with Crippen LogP contribution in [-0.2, 0) is 20.8 Å². The van der Waals surface area contributed by atoms with Crippen molar-refractivity contribution in [2.45, 2.75) is 46.6 Å². The second-order valence-corrected chi connectivity index (χ2v) is 5.84. The van der Waals surface area contributed by atoms with Gasteiger partial charge >= 0.3 is 5.97 Å². The molecule has 0 bridgehead atoms. The summed E-state index contributed by atoms with van der Waals surface area (Å²) in [4.78, 5) is 34.7. The average Bonchev–Trinajstić information content (AvgIpc) is 2.75. The van der Waals surface area contributed by atoms with E-state index in [1.807, 2.05) is 13.8 Å². The van der Waals surface area contributed by atoms with Gasteiger partial charge in [-0.1, -0.05) is 19.0 Å². The number of amides is 2. The van der Waals surface area contributed by atoms with Crippen LogP contribution in [0, 0.1) is 19.8 Å². The third-order valence-electron chi connectivity index (χ3n) is 3.31. The van der Waals surface area contributed by atoms with Crippen molar-refractivity contribution in [1.82, 2.24) is 15.8 Å². The van der Waals surface area contributed by atoms with Gasteiger partial charge in [-0.3, -0.25) is 9.59 Å². The molecule has 0 aliphatic rings. The number of hydrogen-bond donors (Lipinski definition) is 3. The zero-order chi connectivity index (χ0) is 17.6. The number of nitrogens with one attached hydrogen (secondary N) is 2. The summed E-state index contributed by atoms with van der Waals surface area (Å²) >= 11 is 0. The van der Waals surface area contributed by atoms with E-state index in [2.05, 4.69) is 15.8 Å². The number of aliphatic carboxylic acids is 1. The molecule has 128 valence electrons. The first-order valence-electron chi connectivity index (χ1n) is 7.41. The summed E-state index contributed by atoms with van der Waals surface area (Å²) in [5.41, 5.74) is 1.32. The Morgan fingerprint density at radius 1 is 1.22 bits per heavy atom. The van der Waals surface area contributed by atoms with E-state index >= 15 is 0 Å². The lowest BCUT2D eigenvalue weighted by Crippen LogP contribution is -2.46. The van der Waals surface area contributed by atoms with E-state index in [1.165, 1.54) is 0 Å². The molecular formula is C15H23N3O5. The maximum atomic E-state index is 11.8. The molecule has 1 rings (SSSR count). The van der Waals surface area contributed by atoms with Crippen LogP contribution in [0.1, 0.15) is 37.3 Å². The Morgan fingerprint density at radius 3 is 2.35 bits per heavy atom. The van der Waals surface area contributed by atoms with E-state index in [1.54, 1.807) is 13.8 Å². The lowest BCUT2D eigenvalue weighted by molar-refractivity contribution is -0.142. The standard InChI is InChI=1S/C15H23N3O5/c1-8(2)5-12(15(21)22)17-14(20)7-16-13(19)6-11-9(3)18-23-10(11)4/h8,12H,5-7H2,1-4H3,(H,16,19)(H,17,20)(H,21,22)/t12-/m0/s1. The van der Waals surface area contributed by atoms with E-state index in [4.69, 9.17) is 9.63 Å². The Labute approximate surface area is 134 Å². The van der Waals surface area contributed by atoms with Crippen molar-refractivity contribution >= 4 is 17.8 Å². The topological polar surface area (TPSA) is 122 Å². The Kier molecular flexibility index (Phi) is 6.74. The van der Waals surface area contributed by atoms with Gasteiger partial charge in [0.1, 0.15) is 11.8 Å². The number of carbonyl (C=O) groups excluding carboxylic acids is 2. The molecule has 8 nitrogen and oxygen atoms in total. The molecule has 0 unspecified atom stereocenters. The van der Waals surface area contributed by atoms with Gasteiger partial charge in [0.15, 0.2) is 0 Å². The third kappa shape index (κ3) is 6.09. The summed E-state index contributed by atoms with van der Waals surface area (Å²) in [7, 11) is 0. The molecule has 0 saturated heterocycles. The normalized spacial score (nSPS) is 12.0. The van der Waals surface area contributed by atoms with Crippen molar-refractivity contribution in [2.75, 3.05) is 6.54 Å². The average molecular weight is 325 g/mol. The summed E-state index contributed by atoms with van der Waals surface area (Å²) in [6, 6.07) is -0.957. The predicted octanol–water partition coefficient (Wildman–Crippen LogP) is 0.566. The fourth-order valence-electron chi connectivity index (χ4n) is 2.09. The van der Waals surface area contributed by atoms with Gasteiger partial charge in [-0.05, 0) is 26.2 Å². The first-order valence-corrected chi connectivity index (χ1v) is 7.41. The summed E-state index contributed by atoms with van der Waals surface area (Å²) in [6.45, 7) is 6.90. The number of rotatable bonds is 8. The number of carbonyl (C=O) groups is 3. The molecule has 2 amide bonds. The Hall–Kier alpha value is -2.38. The summed E-state index contributed by atoms with van der Waals surface area (Å²) < 4.78 is 4.96. The Morgan fingerprint density at radius 2 is 1.87 bits per heavy atom. The fourth-order valence-corrected chi connectivity index (χ4v) is 2.09. The second-order valence-electron chi connectivity index (χ2n) is 5.84. The summed E-state index contributed by atoms with van der Waals surface area (Å²) in [6.07, 6.45) is 0.386. The zero-order valence-electron chi connectivity index (χ0n) is 13.8. The van der Waals surface area contributed by atoms with Gasteiger partial charge in [-0.25, -0.2) is 4.79 Å². The van der Waals surface area contributed by atoms with E-state index in [-0.39, 0.29) is 24.8 Å². The van der Waals surface area contributed by atoms with Crippen LogP contribution >= 0.6 is 0 Å². The van der Waals surface area contributed by atoms with Crippen LogP contribution in [-0.4, -0.2) is 40.6 Å². The van der Waals surface area contributed by atoms with E-state index < -0.39 is 17.9 Å². The molecule has 0 aliphatic heterocycles. The molecule has 0 saturated carbocycles. The van der Waals surface area contributed by atoms with Gasteiger partial charge in [0.05, 0.1) is 18.7 Å². The van der Waals surface area contributed by atoms with Crippen LogP contribution < -0.4 is 10.6 Å². The quantitative estimate of drug-likeness (QED) is 0.642.